The third kappa shape index (κ3) is 4.63. The number of carbonyl (C=O) groups excluding carboxylic acids is 2. The molecule has 2 amide bonds. The fraction of sp³-hybridized carbons (Fsp3) is 0.556. The maximum Gasteiger partial charge on any atom is 0.247 e. The predicted molar refractivity (Wildman–Crippen MR) is 107 cm³/mol. The minimum Gasteiger partial charge on any atom is -0.330 e. The molecule has 2 fully saturated rings. The molecule has 144 valence electrons. The van der Waals surface area contributed by atoms with Gasteiger partial charge in [0.25, 0.3) is 0 Å². The zero-order valence-electron chi connectivity index (χ0n) is 14.4. The number of halogens is 3. The Morgan fingerprint density at radius 2 is 1.81 bits per heavy atom. The Kier molecular flexibility index (Phi) is 7.59. The van der Waals surface area contributed by atoms with Crippen LogP contribution < -0.4 is 11.1 Å². The number of nitrogens with two attached hydrogens (primary N) is 1. The molecular formula is C18H24Cl3N3O2. The maximum absolute atomic E-state index is 12.9. The van der Waals surface area contributed by atoms with E-state index in [1.807, 2.05) is 0 Å². The second kappa shape index (κ2) is 9.27. The molecule has 26 heavy (non-hydrogen) atoms. The van der Waals surface area contributed by atoms with Crippen LogP contribution in [0.2, 0.25) is 10.0 Å². The third-order valence-corrected chi connectivity index (χ3v) is 5.68. The fourth-order valence-electron chi connectivity index (χ4n) is 4.01. The van der Waals surface area contributed by atoms with E-state index in [1.54, 1.807) is 23.1 Å². The van der Waals surface area contributed by atoms with Gasteiger partial charge in [-0.15, -0.1) is 12.4 Å². The Morgan fingerprint density at radius 1 is 1.12 bits per heavy atom. The van der Waals surface area contributed by atoms with Gasteiger partial charge in [0.1, 0.15) is 6.04 Å². The number of rotatable bonds is 4. The van der Waals surface area contributed by atoms with Gasteiger partial charge in [-0.25, -0.2) is 0 Å². The Balaban J connectivity index is 0.00000243. The number of likely N-dealkylation sites (tertiary alicyclic amines) is 1. The lowest BCUT2D eigenvalue weighted by atomic mass is 9.94. The van der Waals surface area contributed by atoms with Crippen molar-refractivity contribution in [2.24, 2.45) is 17.6 Å². The number of nitrogens with zero attached hydrogens (tertiary/aromatic N) is 1. The van der Waals surface area contributed by atoms with Gasteiger partial charge < -0.3 is 16.0 Å². The van der Waals surface area contributed by atoms with Crippen LogP contribution in [0.1, 0.15) is 32.1 Å². The Labute approximate surface area is 170 Å². The van der Waals surface area contributed by atoms with Crippen molar-refractivity contribution in [3.05, 3.63) is 28.2 Å². The molecule has 3 atom stereocenters. The standard InChI is InChI=1S/C18H23Cl2N3O2.ClH/c19-12-7-13(20)9-14(8-12)22-17(24)16-5-2-6-23(16)18(25)15-4-1-3-11(15)10-21;/h7-9,11,15-16H,1-6,10,21H2,(H,22,24);1H/t11-,15-,16?;/m1./s1. The van der Waals surface area contributed by atoms with Crippen molar-refractivity contribution in [2.45, 2.75) is 38.1 Å². The van der Waals surface area contributed by atoms with Gasteiger partial charge in [0.05, 0.1) is 0 Å². The van der Waals surface area contributed by atoms with Gasteiger partial charge in [0, 0.05) is 28.2 Å². The average molecular weight is 421 g/mol. The topological polar surface area (TPSA) is 75.4 Å². The largest absolute Gasteiger partial charge is 0.330 e. The minimum absolute atomic E-state index is 0. The maximum atomic E-state index is 12.9. The van der Waals surface area contributed by atoms with Crippen LogP contribution in [-0.2, 0) is 9.59 Å². The van der Waals surface area contributed by atoms with E-state index in [0.717, 1.165) is 25.7 Å². The highest BCUT2D eigenvalue weighted by atomic mass is 35.5. The highest BCUT2D eigenvalue weighted by Gasteiger charge is 2.40. The monoisotopic (exact) mass is 419 g/mol. The molecule has 0 radical (unpaired) electrons. The summed E-state index contributed by atoms with van der Waals surface area (Å²) in [6, 6.07) is 4.46. The first-order chi connectivity index (χ1) is 12.0. The second-order valence-corrected chi connectivity index (χ2v) is 7.74. The van der Waals surface area contributed by atoms with Gasteiger partial charge in [-0.05, 0) is 56.3 Å². The first kappa shape index (κ1) is 21.3. The van der Waals surface area contributed by atoms with Crippen LogP contribution in [0.3, 0.4) is 0 Å². The van der Waals surface area contributed by atoms with E-state index in [1.165, 1.54) is 0 Å². The molecular weight excluding hydrogens is 397 g/mol. The zero-order chi connectivity index (χ0) is 18.0. The lowest BCUT2D eigenvalue weighted by Gasteiger charge is -2.28. The Bertz CT molecular complexity index is 651. The summed E-state index contributed by atoms with van der Waals surface area (Å²) in [6.07, 6.45) is 4.41. The first-order valence-corrected chi connectivity index (χ1v) is 9.52. The molecule has 2 aliphatic rings. The van der Waals surface area contributed by atoms with Gasteiger partial charge in [-0.2, -0.15) is 0 Å². The average Bonchev–Trinajstić information content (AvgIpc) is 3.22. The Hall–Kier alpha value is -1.01. The molecule has 1 aromatic rings. The predicted octanol–water partition coefficient (Wildman–Crippen LogP) is 3.72. The molecule has 1 aliphatic carbocycles. The van der Waals surface area contributed by atoms with E-state index < -0.39 is 6.04 Å². The van der Waals surface area contributed by atoms with E-state index in [4.69, 9.17) is 28.9 Å². The summed E-state index contributed by atoms with van der Waals surface area (Å²) in [4.78, 5) is 27.4. The van der Waals surface area contributed by atoms with Gasteiger partial charge in [-0.1, -0.05) is 29.6 Å². The summed E-state index contributed by atoms with van der Waals surface area (Å²) >= 11 is 12.0. The summed E-state index contributed by atoms with van der Waals surface area (Å²) in [5.74, 6) is 0.0868. The number of amides is 2. The van der Waals surface area contributed by atoms with Crippen molar-refractivity contribution in [1.82, 2.24) is 4.90 Å². The molecule has 0 aromatic heterocycles. The lowest BCUT2D eigenvalue weighted by Crippen LogP contribution is -2.46. The molecule has 1 heterocycles. The van der Waals surface area contributed by atoms with E-state index in [0.29, 0.717) is 35.2 Å². The van der Waals surface area contributed by atoms with Crippen molar-refractivity contribution in [1.29, 1.82) is 0 Å². The second-order valence-electron chi connectivity index (χ2n) is 6.87. The smallest absolute Gasteiger partial charge is 0.247 e. The molecule has 5 nitrogen and oxygen atoms in total. The number of carbonyl (C=O) groups is 2. The van der Waals surface area contributed by atoms with Gasteiger partial charge in [0.2, 0.25) is 11.8 Å². The van der Waals surface area contributed by atoms with Crippen molar-refractivity contribution in [3.63, 3.8) is 0 Å². The highest BCUT2D eigenvalue weighted by Crippen LogP contribution is 2.34. The highest BCUT2D eigenvalue weighted by molar-refractivity contribution is 6.35. The molecule has 1 saturated carbocycles. The van der Waals surface area contributed by atoms with Crippen LogP contribution >= 0.6 is 35.6 Å². The molecule has 0 bridgehead atoms. The number of benzene rings is 1. The molecule has 3 N–H and O–H groups in total. The number of hydrogen-bond acceptors (Lipinski definition) is 3. The molecule has 3 rings (SSSR count). The van der Waals surface area contributed by atoms with Crippen LogP contribution in [0, 0.1) is 11.8 Å². The van der Waals surface area contributed by atoms with E-state index in [2.05, 4.69) is 5.32 Å². The molecule has 1 aromatic carbocycles. The molecule has 8 heteroatoms. The Morgan fingerprint density at radius 3 is 2.46 bits per heavy atom. The number of hydrogen-bond donors (Lipinski definition) is 2. The van der Waals surface area contributed by atoms with Gasteiger partial charge in [-0.3, -0.25) is 9.59 Å². The minimum atomic E-state index is -0.440. The summed E-state index contributed by atoms with van der Waals surface area (Å²) in [6.45, 7) is 1.16. The zero-order valence-corrected chi connectivity index (χ0v) is 16.7. The van der Waals surface area contributed by atoms with Crippen LogP contribution in [-0.4, -0.2) is 35.8 Å². The quantitative estimate of drug-likeness (QED) is 0.779. The van der Waals surface area contributed by atoms with Crippen molar-refractivity contribution in [3.8, 4) is 0 Å². The van der Waals surface area contributed by atoms with Crippen LogP contribution in [0.4, 0.5) is 5.69 Å². The van der Waals surface area contributed by atoms with Crippen molar-refractivity contribution < 1.29 is 9.59 Å². The SMILES string of the molecule is Cl.NC[C@H]1CCC[C@H]1C(=O)N1CCCC1C(=O)Nc1cc(Cl)cc(Cl)c1. The summed E-state index contributed by atoms with van der Waals surface area (Å²) in [5.41, 5.74) is 6.35. The van der Waals surface area contributed by atoms with Crippen LogP contribution in [0.5, 0.6) is 0 Å². The third-order valence-electron chi connectivity index (χ3n) is 5.25. The summed E-state index contributed by atoms with van der Waals surface area (Å²) in [7, 11) is 0. The molecule has 1 unspecified atom stereocenters. The van der Waals surface area contributed by atoms with E-state index >= 15 is 0 Å². The lowest BCUT2D eigenvalue weighted by molar-refractivity contribution is -0.141. The number of nitrogens with one attached hydrogen (secondary N) is 1. The molecule has 1 aliphatic heterocycles. The fourth-order valence-corrected chi connectivity index (χ4v) is 4.54. The van der Waals surface area contributed by atoms with E-state index in [-0.39, 0.29) is 36.1 Å². The van der Waals surface area contributed by atoms with Crippen LogP contribution in [0.25, 0.3) is 0 Å². The number of anilines is 1. The first-order valence-electron chi connectivity index (χ1n) is 8.77. The van der Waals surface area contributed by atoms with Crippen LogP contribution in [0.15, 0.2) is 18.2 Å². The van der Waals surface area contributed by atoms with Gasteiger partial charge in [0.15, 0.2) is 0 Å². The van der Waals surface area contributed by atoms with Crippen molar-refractivity contribution >= 4 is 53.1 Å². The summed E-state index contributed by atoms with van der Waals surface area (Å²) < 4.78 is 0. The normalized spacial score (nSPS) is 25.0. The molecule has 1 saturated heterocycles. The van der Waals surface area contributed by atoms with Gasteiger partial charge >= 0.3 is 0 Å². The van der Waals surface area contributed by atoms with Crippen molar-refractivity contribution in [2.75, 3.05) is 18.4 Å². The summed E-state index contributed by atoms with van der Waals surface area (Å²) in [5, 5.41) is 3.75. The molecule has 0 spiro atoms. The van der Waals surface area contributed by atoms with E-state index in [9.17, 15) is 9.59 Å².